The van der Waals surface area contributed by atoms with Crippen LogP contribution in [0.25, 0.3) is 10.2 Å². The molecule has 0 radical (unpaired) electrons. The average molecular weight is 420 g/mol. The fraction of sp³-hybridized carbons (Fsp3) is 0.650. The Morgan fingerprint density at radius 2 is 2.21 bits per heavy atom. The first kappa shape index (κ1) is 18.6. The molecule has 1 saturated carbocycles. The summed E-state index contributed by atoms with van der Waals surface area (Å²) in [5.41, 5.74) is 1.24. The van der Waals surface area contributed by atoms with E-state index in [0.717, 1.165) is 61.8 Å². The number of rotatable bonds is 6. The quantitative estimate of drug-likeness (QED) is 0.576. The van der Waals surface area contributed by atoms with Crippen LogP contribution in [0.4, 0.5) is 0 Å². The Hall–Kier alpha value is -1.38. The maximum absolute atomic E-state index is 13.5. The third-order valence-electron chi connectivity index (χ3n) is 5.78. The minimum Gasteiger partial charge on any atom is -0.376 e. The first-order valence-corrected chi connectivity index (χ1v) is 11.9. The molecular weight excluding hydrogens is 394 g/mol. The molecule has 1 amide bonds. The summed E-state index contributed by atoms with van der Waals surface area (Å²) in [6.45, 7) is 3.17. The largest absolute Gasteiger partial charge is 0.376 e. The molecule has 1 saturated heterocycles. The second kappa shape index (κ2) is 7.46. The van der Waals surface area contributed by atoms with Crippen molar-refractivity contribution in [3.05, 3.63) is 20.8 Å². The topological polar surface area (TPSA) is 73.2 Å². The fourth-order valence-electron chi connectivity index (χ4n) is 4.06. The number of carbonyl (C=O) groups excluding carboxylic acids is 1. The molecule has 2 aliphatic carbocycles. The molecule has 3 aliphatic rings. The maximum atomic E-state index is 13.5. The van der Waals surface area contributed by atoms with Gasteiger partial charge in [0, 0.05) is 17.5 Å². The van der Waals surface area contributed by atoms with E-state index in [2.05, 4.69) is 5.32 Å². The molecule has 2 atom stereocenters. The van der Waals surface area contributed by atoms with Crippen LogP contribution in [0.1, 0.15) is 49.5 Å². The van der Waals surface area contributed by atoms with E-state index >= 15 is 0 Å². The summed E-state index contributed by atoms with van der Waals surface area (Å²) in [4.78, 5) is 32.9. The molecule has 0 bridgehead atoms. The molecule has 2 aromatic heterocycles. The monoisotopic (exact) mass is 419 g/mol. The van der Waals surface area contributed by atoms with Crippen LogP contribution in [0, 0.1) is 0 Å². The number of ether oxygens (including phenoxy) is 1. The molecule has 2 fully saturated rings. The Kier molecular flexibility index (Phi) is 4.97. The number of aromatic nitrogens is 2. The zero-order valence-electron chi connectivity index (χ0n) is 16.0. The molecule has 0 unspecified atom stereocenters. The normalized spacial score (nSPS) is 22.5. The SMILES string of the molecule is C[C@H](Sc1nc2sc3c(c2c(=O)n1C[C@H]1CCCO1)CCC3)C(=O)NC1CC1. The van der Waals surface area contributed by atoms with Gasteiger partial charge in [0.2, 0.25) is 5.91 Å². The molecule has 2 aromatic rings. The van der Waals surface area contributed by atoms with Gasteiger partial charge in [-0.3, -0.25) is 14.2 Å². The lowest BCUT2D eigenvalue weighted by Crippen LogP contribution is -2.34. The van der Waals surface area contributed by atoms with E-state index in [0.29, 0.717) is 17.7 Å². The van der Waals surface area contributed by atoms with E-state index in [4.69, 9.17) is 9.72 Å². The minimum absolute atomic E-state index is 0.0270. The summed E-state index contributed by atoms with van der Waals surface area (Å²) in [5.74, 6) is 0.0270. The van der Waals surface area contributed by atoms with Crippen LogP contribution in [0.2, 0.25) is 0 Å². The Balaban J connectivity index is 1.51. The van der Waals surface area contributed by atoms with Gasteiger partial charge in [0.05, 0.1) is 23.3 Å². The number of carbonyl (C=O) groups is 1. The highest BCUT2D eigenvalue weighted by molar-refractivity contribution is 8.00. The van der Waals surface area contributed by atoms with Crippen molar-refractivity contribution in [2.45, 2.75) is 81.0 Å². The standard InChI is InChI=1S/C20H25N3O3S2/c1-11(17(24)21-12-7-8-12)27-20-22-18-16(14-5-2-6-15(14)28-18)19(25)23(20)10-13-4-3-9-26-13/h11-13H,2-10H2,1H3,(H,21,24)/t11-,13+/m0/s1. The highest BCUT2D eigenvalue weighted by Crippen LogP contribution is 2.36. The van der Waals surface area contributed by atoms with Gasteiger partial charge in [-0.1, -0.05) is 11.8 Å². The number of amides is 1. The summed E-state index contributed by atoms with van der Waals surface area (Å²) in [5, 5.41) is 4.21. The Labute approximate surface area is 172 Å². The van der Waals surface area contributed by atoms with E-state index in [9.17, 15) is 9.59 Å². The lowest BCUT2D eigenvalue weighted by Gasteiger charge is -2.18. The van der Waals surface area contributed by atoms with Crippen LogP contribution in [-0.2, 0) is 28.9 Å². The van der Waals surface area contributed by atoms with Gasteiger partial charge in [0.15, 0.2) is 5.16 Å². The van der Waals surface area contributed by atoms with Crippen molar-refractivity contribution in [2.24, 2.45) is 0 Å². The number of thioether (sulfide) groups is 1. The molecule has 28 heavy (non-hydrogen) atoms. The van der Waals surface area contributed by atoms with Crippen molar-refractivity contribution in [3.63, 3.8) is 0 Å². The van der Waals surface area contributed by atoms with Gasteiger partial charge in [-0.25, -0.2) is 4.98 Å². The van der Waals surface area contributed by atoms with E-state index in [1.807, 2.05) is 6.92 Å². The average Bonchev–Trinajstić information content (AvgIpc) is 3.06. The fourth-order valence-corrected chi connectivity index (χ4v) is 6.29. The van der Waals surface area contributed by atoms with Crippen LogP contribution in [0.15, 0.2) is 9.95 Å². The molecule has 1 N–H and O–H groups in total. The van der Waals surface area contributed by atoms with Crippen molar-refractivity contribution in [1.29, 1.82) is 0 Å². The van der Waals surface area contributed by atoms with E-state index in [-0.39, 0.29) is 22.8 Å². The smallest absolute Gasteiger partial charge is 0.263 e. The van der Waals surface area contributed by atoms with Gasteiger partial charge in [-0.05, 0) is 57.4 Å². The number of hydrogen-bond acceptors (Lipinski definition) is 6. The van der Waals surface area contributed by atoms with Crippen LogP contribution < -0.4 is 10.9 Å². The van der Waals surface area contributed by atoms with Crippen LogP contribution >= 0.6 is 23.1 Å². The molecule has 1 aliphatic heterocycles. The van der Waals surface area contributed by atoms with Crippen LogP contribution in [0.5, 0.6) is 0 Å². The van der Waals surface area contributed by atoms with Gasteiger partial charge < -0.3 is 10.1 Å². The van der Waals surface area contributed by atoms with Gasteiger partial charge in [-0.15, -0.1) is 11.3 Å². The summed E-state index contributed by atoms with van der Waals surface area (Å²) < 4.78 is 7.57. The predicted molar refractivity (Wildman–Crippen MR) is 111 cm³/mol. The number of thiophene rings is 1. The van der Waals surface area contributed by atoms with E-state index < -0.39 is 0 Å². The molecular formula is C20H25N3O3S2. The Morgan fingerprint density at radius 1 is 1.36 bits per heavy atom. The third kappa shape index (κ3) is 3.50. The molecule has 8 heteroatoms. The molecule has 6 nitrogen and oxygen atoms in total. The second-order valence-electron chi connectivity index (χ2n) is 8.03. The highest BCUT2D eigenvalue weighted by Gasteiger charge is 2.29. The maximum Gasteiger partial charge on any atom is 0.263 e. The van der Waals surface area contributed by atoms with Crippen molar-refractivity contribution in [1.82, 2.24) is 14.9 Å². The lowest BCUT2D eigenvalue weighted by molar-refractivity contribution is -0.120. The molecule has 150 valence electrons. The van der Waals surface area contributed by atoms with Gasteiger partial charge in [-0.2, -0.15) is 0 Å². The van der Waals surface area contributed by atoms with Crippen molar-refractivity contribution >= 4 is 39.2 Å². The first-order valence-electron chi connectivity index (χ1n) is 10.2. The number of nitrogens with one attached hydrogen (secondary N) is 1. The summed E-state index contributed by atoms with van der Waals surface area (Å²) in [7, 11) is 0. The van der Waals surface area contributed by atoms with E-state index in [1.165, 1.54) is 22.2 Å². The number of hydrogen-bond donors (Lipinski definition) is 1. The molecule has 0 aromatic carbocycles. The second-order valence-corrected chi connectivity index (χ2v) is 10.4. The van der Waals surface area contributed by atoms with Crippen LogP contribution in [-0.4, -0.2) is 39.5 Å². The first-order chi connectivity index (χ1) is 13.6. The third-order valence-corrected chi connectivity index (χ3v) is 8.05. The van der Waals surface area contributed by atoms with Gasteiger partial charge in [0.1, 0.15) is 4.83 Å². The van der Waals surface area contributed by atoms with Crippen molar-refractivity contribution in [3.8, 4) is 0 Å². The Morgan fingerprint density at radius 3 is 2.96 bits per heavy atom. The van der Waals surface area contributed by atoms with Gasteiger partial charge in [0.25, 0.3) is 5.56 Å². The summed E-state index contributed by atoms with van der Waals surface area (Å²) in [6.07, 6.45) is 7.33. The zero-order valence-corrected chi connectivity index (χ0v) is 17.7. The molecule has 5 rings (SSSR count). The van der Waals surface area contributed by atoms with Crippen LogP contribution in [0.3, 0.4) is 0 Å². The van der Waals surface area contributed by atoms with Gasteiger partial charge >= 0.3 is 0 Å². The zero-order chi connectivity index (χ0) is 19.3. The minimum atomic E-state index is -0.285. The predicted octanol–water partition coefficient (Wildman–Crippen LogP) is 2.88. The summed E-state index contributed by atoms with van der Waals surface area (Å²) >= 11 is 3.04. The van der Waals surface area contributed by atoms with Crippen molar-refractivity contribution < 1.29 is 9.53 Å². The lowest BCUT2D eigenvalue weighted by atomic mass is 10.2. The number of aryl methyl sites for hydroxylation is 2. The highest BCUT2D eigenvalue weighted by atomic mass is 32.2. The Bertz CT molecular complexity index is 973. The summed E-state index contributed by atoms with van der Waals surface area (Å²) in [6, 6.07) is 0.334. The molecule has 3 heterocycles. The number of fused-ring (bicyclic) bond motifs is 3. The van der Waals surface area contributed by atoms with Crippen molar-refractivity contribution in [2.75, 3.05) is 6.61 Å². The molecule has 0 spiro atoms. The van der Waals surface area contributed by atoms with E-state index in [1.54, 1.807) is 15.9 Å². The number of nitrogens with zero attached hydrogens (tertiary/aromatic N) is 2.